The largest absolute Gasteiger partial charge is 0.294 e. The quantitative estimate of drug-likeness (QED) is 0.676. The van der Waals surface area contributed by atoms with Gasteiger partial charge in [-0.05, 0) is 28.3 Å². The zero-order valence-electron chi connectivity index (χ0n) is 10.7. The Morgan fingerprint density at radius 1 is 1.06 bits per heavy atom. The molecule has 18 heavy (non-hydrogen) atoms. The van der Waals surface area contributed by atoms with Gasteiger partial charge in [0.25, 0.3) is 10.1 Å². The van der Waals surface area contributed by atoms with Crippen molar-refractivity contribution < 1.29 is 13.0 Å². The molecule has 0 fully saturated rings. The second-order valence-corrected chi connectivity index (χ2v) is 5.72. The van der Waals surface area contributed by atoms with Crippen LogP contribution in [0.15, 0.2) is 41.3 Å². The molecule has 2 aromatic rings. The molecule has 0 bridgehead atoms. The standard InChI is InChI=1S/C13H14O3S.Na/c1-9(2)13-11-6-4-3-5-10(11)7-8-12(13)17(14,15)16;/h3-9H,1-2H3,(H,14,15,16);. The number of hydrogen-bond donors (Lipinski definition) is 1. The Bertz CT molecular complexity index is 663. The molecule has 0 aliphatic carbocycles. The third-order valence-corrected chi connectivity index (χ3v) is 3.70. The van der Waals surface area contributed by atoms with E-state index < -0.39 is 10.1 Å². The molecule has 2 rings (SSSR count). The van der Waals surface area contributed by atoms with E-state index in [1.807, 2.05) is 38.1 Å². The molecule has 0 aliphatic rings. The molecular formula is C13H14NaO3S. The number of fused-ring (bicyclic) bond motifs is 1. The first-order chi connectivity index (χ1) is 7.91. The zero-order valence-corrected chi connectivity index (χ0v) is 13.5. The number of hydrogen-bond acceptors (Lipinski definition) is 2. The van der Waals surface area contributed by atoms with Gasteiger partial charge in [-0.1, -0.05) is 44.2 Å². The molecule has 0 unspecified atom stereocenters. The summed E-state index contributed by atoms with van der Waals surface area (Å²) in [6.07, 6.45) is 0. The van der Waals surface area contributed by atoms with Crippen LogP contribution >= 0.6 is 0 Å². The minimum absolute atomic E-state index is 0. The topological polar surface area (TPSA) is 54.4 Å². The van der Waals surface area contributed by atoms with E-state index in [4.69, 9.17) is 0 Å². The van der Waals surface area contributed by atoms with Gasteiger partial charge < -0.3 is 0 Å². The fourth-order valence-electron chi connectivity index (χ4n) is 2.10. The molecule has 2 aromatic carbocycles. The first-order valence-corrected chi connectivity index (χ1v) is 6.84. The van der Waals surface area contributed by atoms with Crippen LogP contribution in [0.1, 0.15) is 25.3 Å². The van der Waals surface area contributed by atoms with E-state index in [2.05, 4.69) is 0 Å². The molecule has 1 radical (unpaired) electrons. The van der Waals surface area contributed by atoms with Crippen molar-refractivity contribution in [2.75, 3.05) is 0 Å². The third kappa shape index (κ3) is 2.95. The fraction of sp³-hybridized carbons (Fsp3) is 0.231. The van der Waals surface area contributed by atoms with Gasteiger partial charge >= 0.3 is 0 Å². The number of benzene rings is 2. The van der Waals surface area contributed by atoms with Crippen LogP contribution < -0.4 is 0 Å². The van der Waals surface area contributed by atoms with Gasteiger partial charge in [-0.3, -0.25) is 4.55 Å². The minimum atomic E-state index is -4.17. The predicted octanol–water partition coefficient (Wildman–Crippen LogP) is 2.83. The Hall–Kier alpha value is -0.390. The summed E-state index contributed by atoms with van der Waals surface area (Å²) in [5.74, 6) is 0.0259. The molecule has 0 heterocycles. The second-order valence-electron chi connectivity index (χ2n) is 4.33. The van der Waals surface area contributed by atoms with Crippen LogP contribution in [0, 0.1) is 0 Å². The van der Waals surface area contributed by atoms with Crippen LogP contribution in [0.4, 0.5) is 0 Å². The molecule has 3 nitrogen and oxygen atoms in total. The van der Waals surface area contributed by atoms with Crippen molar-refractivity contribution in [3.63, 3.8) is 0 Å². The zero-order chi connectivity index (χ0) is 12.6. The molecular weight excluding hydrogens is 259 g/mol. The molecule has 0 aliphatic heterocycles. The molecule has 5 heteroatoms. The Labute approximate surface area is 129 Å². The Kier molecular flexibility index (Phi) is 4.98. The van der Waals surface area contributed by atoms with Crippen molar-refractivity contribution in [3.8, 4) is 0 Å². The van der Waals surface area contributed by atoms with Crippen molar-refractivity contribution in [1.82, 2.24) is 0 Å². The fourth-order valence-corrected chi connectivity index (χ4v) is 2.96. The van der Waals surface area contributed by atoms with Gasteiger partial charge in [0.05, 0.1) is 4.90 Å². The minimum Gasteiger partial charge on any atom is -0.282 e. The summed E-state index contributed by atoms with van der Waals surface area (Å²) in [6, 6.07) is 10.7. The summed E-state index contributed by atoms with van der Waals surface area (Å²) in [6.45, 7) is 3.83. The van der Waals surface area contributed by atoms with Crippen molar-refractivity contribution in [2.45, 2.75) is 24.7 Å². The van der Waals surface area contributed by atoms with Gasteiger partial charge in [0, 0.05) is 29.6 Å². The molecule has 0 aromatic heterocycles. The van der Waals surface area contributed by atoms with Gasteiger partial charge in [0.2, 0.25) is 0 Å². The van der Waals surface area contributed by atoms with Crippen LogP contribution in [0.25, 0.3) is 10.8 Å². The Morgan fingerprint density at radius 2 is 1.67 bits per heavy atom. The smallest absolute Gasteiger partial charge is 0.282 e. The number of rotatable bonds is 2. The first-order valence-electron chi connectivity index (χ1n) is 5.40. The second kappa shape index (κ2) is 5.72. The van der Waals surface area contributed by atoms with Gasteiger partial charge in [-0.25, -0.2) is 0 Å². The van der Waals surface area contributed by atoms with Crippen LogP contribution in [0.3, 0.4) is 0 Å². The van der Waals surface area contributed by atoms with Gasteiger partial charge in [-0.2, -0.15) is 8.42 Å². The maximum Gasteiger partial charge on any atom is 0.294 e. The average Bonchev–Trinajstić information content (AvgIpc) is 2.26. The van der Waals surface area contributed by atoms with E-state index in [0.717, 1.165) is 10.8 Å². The van der Waals surface area contributed by atoms with Crippen molar-refractivity contribution in [1.29, 1.82) is 0 Å². The summed E-state index contributed by atoms with van der Waals surface area (Å²) in [5.41, 5.74) is 0.672. The summed E-state index contributed by atoms with van der Waals surface area (Å²) in [7, 11) is -4.17. The van der Waals surface area contributed by atoms with E-state index in [1.165, 1.54) is 6.07 Å². The van der Waals surface area contributed by atoms with Gasteiger partial charge in [0.1, 0.15) is 0 Å². The maximum atomic E-state index is 11.4. The first kappa shape index (κ1) is 15.7. The maximum absolute atomic E-state index is 11.4. The molecule has 0 spiro atoms. The van der Waals surface area contributed by atoms with Crippen molar-refractivity contribution in [3.05, 3.63) is 42.0 Å². The molecule has 0 atom stereocenters. The van der Waals surface area contributed by atoms with Crippen LogP contribution in [0.2, 0.25) is 0 Å². The normalized spacial score (nSPS) is 11.6. The van der Waals surface area contributed by atoms with Crippen LogP contribution in [-0.2, 0) is 10.1 Å². The predicted molar refractivity (Wildman–Crippen MR) is 73.6 cm³/mol. The Balaban J connectivity index is 0.00000162. The van der Waals surface area contributed by atoms with Gasteiger partial charge in [0.15, 0.2) is 0 Å². The van der Waals surface area contributed by atoms with E-state index in [1.54, 1.807) is 6.07 Å². The van der Waals surface area contributed by atoms with Crippen LogP contribution in [0.5, 0.6) is 0 Å². The summed E-state index contributed by atoms with van der Waals surface area (Å²) >= 11 is 0. The van der Waals surface area contributed by atoms with Crippen molar-refractivity contribution in [2.24, 2.45) is 0 Å². The van der Waals surface area contributed by atoms with E-state index in [0.29, 0.717) is 5.56 Å². The third-order valence-electron chi connectivity index (χ3n) is 2.79. The van der Waals surface area contributed by atoms with E-state index in [-0.39, 0.29) is 40.4 Å². The Morgan fingerprint density at radius 3 is 2.22 bits per heavy atom. The molecule has 91 valence electrons. The van der Waals surface area contributed by atoms with E-state index >= 15 is 0 Å². The van der Waals surface area contributed by atoms with Crippen LogP contribution in [-0.4, -0.2) is 42.5 Å². The van der Waals surface area contributed by atoms with Gasteiger partial charge in [-0.15, -0.1) is 0 Å². The summed E-state index contributed by atoms with van der Waals surface area (Å²) < 4.78 is 32.0. The molecule has 0 saturated carbocycles. The average molecular weight is 273 g/mol. The SMILES string of the molecule is CC(C)c1c(S(=O)(=O)O)ccc2ccccc12.[Na]. The molecule has 1 N–H and O–H groups in total. The van der Waals surface area contributed by atoms with Crippen molar-refractivity contribution >= 4 is 50.4 Å². The summed E-state index contributed by atoms with van der Waals surface area (Å²) in [5, 5.41) is 1.85. The monoisotopic (exact) mass is 273 g/mol. The van der Waals surface area contributed by atoms with E-state index in [9.17, 15) is 13.0 Å². The molecule has 0 saturated heterocycles. The molecule has 0 amide bonds. The summed E-state index contributed by atoms with van der Waals surface area (Å²) in [4.78, 5) is 0.00574.